The minimum absolute atomic E-state index is 0.0952. The summed E-state index contributed by atoms with van der Waals surface area (Å²) >= 11 is 3.36. The smallest absolute Gasteiger partial charge is 0.251 e. The van der Waals surface area contributed by atoms with E-state index in [0.717, 1.165) is 10.0 Å². The van der Waals surface area contributed by atoms with Gasteiger partial charge in [-0.25, -0.2) is 4.39 Å². The molecule has 0 bridgehead atoms. The molecule has 1 aliphatic heterocycles. The third-order valence-electron chi connectivity index (χ3n) is 3.31. The van der Waals surface area contributed by atoms with Gasteiger partial charge in [-0.05, 0) is 30.2 Å². The Morgan fingerprint density at radius 3 is 2.93 bits per heavy atom. The van der Waals surface area contributed by atoms with Crippen LogP contribution in [-0.4, -0.2) is 18.6 Å². The maximum atomic E-state index is 13.4. The van der Waals surface area contributed by atoms with Crippen molar-refractivity contribution in [2.24, 2.45) is 0 Å². The van der Waals surface area contributed by atoms with Crippen LogP contribution < -0.4 is 5.32 Å². The van der Waals surface area contributed by atoms with Crippen LogP contribution >= 0.6 is 15.9 Å². The zero-order chi connectivity index (χ0) is 10.6. The molecule has 0 radical (unpaired) electrons. The predicted molar refractivity (Wildman–Crippen MR) is 57.7 cm³/mol. The highest BCUT2D eigenvalue weighted by Crippen LogP contribution is 2.53. The molecule has 1 aliphatic carbocycles. The van der Waals surface area contributed by atoms with Crippen molar-refractivity contribution in [2.75, 3.05) is 6.54 Å². The first-order chi connectivity index (χ1) is 7.13. The largest absolute Gasteiger partial charge is 0.351 e. The normalized spacial score (nSPS) is 32.4. The molecule has 1 amide bonds. The molecule has 1 spiro atoms. The van der Waals surface area contributed by atoms with Gasteiger partial charge in [-0.15, -0.1) is 0 Å². The summed E-state index contributed by atoms with van der Waals surface area (Å²) in [7, 11) is 0. The topological polar surface area (TPSA) is 29.1 Å². The molecule has 1 N–H and O–H groups in total. The first-order valence-corrected chi connectivity index (χ1v) is 5.65. The number of halogens is 2. The number of alkyl halides is 1. The van der Waals surface area contributed by atoms with Crippen LogP contribution in [0.15, 0.2) is 22.7 Å². The van der Waals surface area contributed by atoms with Crippen LogP contribution in [0, 0.1) is 0 Å². The van der Waals surface area contributed by atoms with Crippen molar-refractivity contribution in [1.29, 1.82) is 0 Å². The summed E-state index contributed by atoms with van der Waals surface area (Å²) in [5.74, 6) is -0.0952. The van der Waals surface area contributed by atoms with Gasteiger partial charge in [-0.1, -0.05) is 15.9 Å². The van der Waals surface area contributed by atoms with Gasteiger partial charge in [0.2, 0.25) is 0 Å². The van der Waals surface area contributed by atoms with Gasteiger partial charge in [-0.3, -0.25) is 4.79 Å². The third kappa shape index (κ3) is 1.17. The SMILES string of the molecule is O=C1NC[C@@]2(C[C@H]2F)c2cc(Br)ccc21. The highest BCUT2D eigenvalue weighted by molar-refractivity contribution is 9.10. The second-order valence-corrected chi connectivity index (χ2v) is 5.12. The summed E-state index contributed by atoms with van der Waals surface area (Å²) in [4.78, 5) is 11.6. The standard InChI is InChI=1S/C11H9BrFNO/c12-6-1-2-7-8(3-6)11(4-9(11)13)5-14-10(7)15/h1-3,9H,4-5H2,(H,14,15)/t9-,11+/m1/s1. The van der Waals surface area contributed by atoms with Crippen molar-refractivity contribution >= 4 is 21.8 Å². The first kappa shape index (κ1) is 9.33. The second-order valence-electron chi connectivity index (χ2n) is 4.20. The van der Waals surface area contributed by atoms with E-state index in [2.05, 4.69) is 21.2 Å². The molecule has 1 aromatic carbocycles. The van der Waals surface area contributed by atoms with Crippen molar-refractivity contribution in [1.82, 2.24) is 5.32 Å². The lowest BCUT2D eigenvalue weighted by Gasteiger charge is -2.25. The number of nitrogens with one attached hydrogen (secondary N) is 1. The fourth-order valence-corrected chi connectivity index (χ4v) is 2.64. The Labute approximate surface area is 95.0 Å². The fourth-order valence-electron chi connectivity index (χ4n) is 2.28. The summed E-state index contributed by atoms with van der Waals surface area (Å²) in [6.45, 7) is 0.427. The molecule has 1 heterocycles. The van der Waals surface area contributed by atoms with Gasteiger partial charge >= 0.3 is 0 Å². The Morgan fingerprint density at radius 2 is 2.27 bits per heavy atom. The van der Waals surface area contributed by atoms with E-state index >= 15 is 0 Å². The van der Waals surface area contributed by atoms with E-state index in [1.165, 1.54) is 0 Å². The van der Waals surface area contributed by atoms with Gasteiger partial charge in [0.05, 0.1) is 0 Å². The van der Waals surface area contributed by atoms with Crippen LogP contribution in [0.4, 0.5) is 4.39 Å². The van der Waals surface area contributed by atoms with Gasteiger partial charge in [0.25, 0.3) is 5.91 Å². The zero-order valence-electron chi connectivity index (χ0n) is 7.89. The fraction of sp³-hybridized carbons (Fsp3) is 0.364. The Balaban J connectivity index is 2.20. The molecule has 1 aromatic rings. The molecule has 3 rings (SSSR count). The van der Waals surface area contributed by atoms with Crippen molar-refractivity contribution < 1.29 is 9.18 Å². The summed E-state index contributed by atoms with van der Waals surface area (Å²) in [5.41, 5.74) is 1.03. The maximum absolute atomic E-state index is 13.4. The Kier molecular flexibility index (Phi) is 1.75. The highest BCUT2D eigenvalue weighted by Gasteiger charge is 2.59. The third-order valence-corrected chi connectivity index (χ3v) is 3.80. The van der Waals surface area contributed by atoms with E-state index in [9.17, 15) is 9.18 Å². The zero-order valence-corrected chi connectivity index (χ0v) is 9.47. The molecule has 2 aliphatic rings. The number of benzene rings is 1. The van der Waals surface area contributed by atoms with Crippen LogP contribution in [0.1, 0.15) is 22.3 Å². The molecule has 0 unspecified atom stereocenters. The average Bonchev–Trinajstić information content (AvgIpc) is 2.85. The number of carbonyl (C=O) groups is 1. The van der Waals surface area contributed by atoms with Gasteiger partial charge in [-0.2, -0.15) is 0 Å². The molecule has 78 valence electrons. The lowest BCUT2D eigenvalue weighted by molar-refractivity contribution is 0.0935. The van der Waals surface area contributed by atoms with Crippen LogP contribution in [0.5, 0.6) is 0 Å². The monoisotopic (exact) mass is 269 g/mol. The van der Waals surface area contributed by atoms with Crippen LogP contribution in [0.3, 0.4) is 0 Å². The van der Waals surface area contributed by atoms with Gasteiger partial charge in [0.1, 0.15) is 6.17 Å². The maximum Gasteiger partial charge on any atom is 0.251 e. The average molecular weight is 270 g/mol. The minimum atomic E-state index is -0.814. The quantitative estimate of drug-likeness (QED) is 0.769. The number of fused-ring (bicyclic) bond motifs is 2. The molecular weight excluding hydrogens is 261 g/mol. The molecule has 1 saturated carbocycles. The molecular formula is C11H9BrFNO. The van der Waals surface area contributed by atoms with E-state index in [0.29, 0.717) is 18.5 Å². The predicted octanol–water partition coefficient (Wildman–Crippen LogP) is 2.17. The van der Waals surface area contributed by atoms with Gasteiger partial charge < -0.3 is 5.32 Å². The van der Waals surface area contributed by atoms with E-state index < -0.39 is 11.6 Å². The Hall–Kier alpha value is -0.900. The van der Waals surface area contributed by atoms with Crippen molar-refractivity contribution in [3.8, 4) is 0 Å². The molecule has 15 heavy (non-hydrogen) atoms. The Bertz CT molecular complexity index is 462. The number of hydrogen-bond acceptors (Lipinski definition) is 1. The van der Waals surface area contributed by atoms with Crippen LogP contribution in [0.25, 0.3) is 0 Å². The summed E-state index contributed by atoms with van der Waals surface area (Å²) < 4.78 is 14.3. The highest BCUT2D eigenvalue weighted by atomic mass is 79.9. The van der Waals surface area contributed by atoms with E-state index in [1.54, 1.807) is 6.07 Å². The molecule has 2 nitrogen and oxygen atoms in total. The van der Waals surface area contributed by atoms with Crippen LogP contribution in [0.2, 0.25) is 0 Å². The van der Waals surface area contributed by atoms with Gasteiger partial charge in [0, 0.05) is 22.0 Å². The summed E-state index contributed by atoms with van der Waals surface area (Å²) in [6.07, 6.45) is -0.289. The lowest BCUT2D eigenvalue weighted by Crippen LogP contribution is -2.40. The molecule has 0 aromatic heterocycles. The minimum Gasteiger partial charge on any atom is -0.351 e. The number of amides is 1. The summed E-state index contributed by atoms with van der Waals surface area (Å²) in [6, 6.07) is 5.43. The Morgan fingerprint density at radius 1 is 1.53 bits per heavy atom. The van der Waals surface area contributed by atoms with Gasteiger partial charge in [0.15, 0.2) is 0 Å². The van der Waals surface area contributed by atoms with Crippen LogP contribution in [-0.2, 0) is 5.41 Å². The number of hydrogen-bond donors (Lipinski definition) is 1. The molecule has 4 heteroatoms. The van der Waals surface area contributed by atoms with Crippen molar-refractivity contribution in [3.05, 3.63) is 33.8 Å². The molecule has 1 fully saturated rings. The summed E-state index contributed by atoms with van der Waals surface area (Å²) in [5, 5.41) is 2.75. The van der Waals surface area contributed by atoms with Crippen molar-refractivity contribution in [2.45, 2.75) is 18.0 Å². The molecule has 2 atom stereocenters. The second kappa shape index (κ2) is 2.82. The number of rotatable bonds is 0. The molecule has 0 saturated heterocycles. The van der Waals surface area contributed by atoms with E-state index in [1.807, 2.05) is 12.1 Å². The van der Waals surface area contributed by atoms with E-state index in [-0.39, 0.29) is 5.91 Å². The van der Waals surface area contributed by atoms with E-state index in [4.69, 9.17) is 0 Å². The lowest BCUT2D eigenvalue weighted by atomic mass is 9.87. The first-order valence-electron chi connectivity index (χ1n) is 4.86. The number of carbonyl (C=O) groups excluding carboxylic acids is 1. The van der Waals surface area contributed by atoms with Crippen molar-refractivity contribution in [3.63, 3.8) is 0 Å².